The summed E-state index contributed by atoms with van der Waals surface area (Å²) in [6, 6.07) is 6.35. The Labute approximate surface area is 140 Å². The van der Waals surface area contributed by atoms with Gasteiger partial charge in [0, 0.05) is 24.5 Å². The molecule has 0 atom stereocenters. The molecule has 0 spiro atoms. The van der Waals surface area contributed by atoms with Gasteiger partial charge in [-0.3, -0.25) is 19.1 Å². The summed E-state index contributed by atoms with van der Waals surface area (Å²) in [5, 5.41) is 9.11. The second-order valence-corrected chi connectivity index (χ2v) is 6.29. The Morgan fingerprint density at radius 3 is 2.42 bits per heavy atom. The molecule has 1 heterocycles. The molecule has 0 aliphatic carbocycles. The van der Waals surface area contributed by atoms with Crippen molar-refractivity contribution in [2.75, 3.05) is 12.4 Å². The molecule has 2 amide bonds. The lowest BCUT2D eigenvalue weighted by molar-refractivity contribution is -0.112. The van der Waals surface area contributed by atoms with E-state index < -0.39 is 11.7 Å². The van der Waals surface area contributed by atoms with Gasteiger partial charge in [0.05, 0.1) is 17.3 Å². The minimum absolute atomic E-state index is 0.213. The third kappa shape index (κ3) is 3.87. The van der Waals surface area contributed by atoms with Crippen LogP contribution >= 0.6 is 0 Å². The summed E-state index contributed by atoms with van der Waals surface area (Å²) in [6.07, 6.45) is 2.91. The molecular formula is C17H20N4O3. The number of amides is 2. The van der Waals surface area contributed by atoms with Crippen molar-refractivity contribution in [1.82, 2.24) is 15.1 Å². The number of Topliss-reactive ketones (excluding diaryl/α,β-unsaturated/α-hetero) is 1. The molecule has 7 nitrogen and oxygen atoms in total. The van der Waals surface area contributed by atoms with Crippen molar-refractivity contribution in [2.24, 2.45) is 0 Å². The van der Waals surface area contributed by atoms with Crippen LogP contribution in [0.25, 0.3) is 0 Å². The van der Waals surface area contributed by atoms with Crippen LogP contribution in [0.2, 0.25) is 0 Å². The largest absolute Gasteiger partial charge is 0.355 e. The number of aromatic nitrogens is 2. The Morgan fingerprint density at radius 2 is 1.83 bits per heavy atom. The maximum atomic E-state index is 12.2. The number of hydrogen-bond donors (Lipinski definition) is 2. The zero-order valence-corrected chi connectivity index (χ0v) is 14.1. The predicted octanol–water partition coefficient (Wildman–Crippen LogP) is 1.82. The molecule has 1 aromatic heterocycles. The highest BCUT2D eigenvalue weighted by Crippen LogP contribution is 2.15. The molecule has 0 bridgehead atoms. The number of carbonyl (C=O) groups is 3. The summed E-state index contributed by atoms with van der Waals surface area (Å²) >= 11 is 0. The molecule has 126 valence electrons. The lowest BCUT2D eigenvalue weighted by atomic mass is 10.1. The Hall–Kier alpha value is -2.96. The van der Waals surface area contributed by atoms with E-state index in [4.69, 9.17) is 0 Å². The van der Waals surface area contributed by atoms with Gasteiger partial charge in [-0.05, 0) is 39.0 Å². The topological polar surface area (TPSA) is 93.1 Å². The van der Waals surface area contributed by atoms with E-state index >= 15 is 0 Å². The number of nitrogens with one attached hydrogen (secondary N) is 2. The smallest absolute Gasteiger partial charge is 0.296 e. The molecule has 0 fully saturated rings. The highest BCUT2D eigenvalue weighted by atomic mass is 16.2. The number of benzene rings is 1. The van der Waals surface area contributed by atoms with Crippen molar-refractivity contribution in [2.45, 2.75) is 26.3 Å². The van der Waals surface area contributed by atoms with Crippen molar-refractivity contribution < 1.29 is 14.4 Å². The Kier molecular flexibility index (Phi) is 4.82. The number of hydrogen-bond acceptors (Lipinski definition) is 4. The van der Waals surface area contributed by atoms with E-state index in [9.17, 15) is 14.4 Å². The molecule has 2 N–H and O–H groups in total. The first-order valence-electron chi connectivity index (χ1n) is 7.45. The van der Waals surface area contributed by atoms with Crippen molar-refractivity contribution in [3.63, 3.8) is 0 Å². The van der Waals surface area contributed by atoms with E-state index in [0.29, 0.717) is 11.3 Å². The predicted molar refractivity (Wildman–Crippen MR) is 90.0 cm³/mol. The van der Waals surface area contributed by atoms with Gasteiger partial charge in [0.25, 0.3) is 17.6 Å². The van der Waals surface area contributed by atoms with E-state index in [1.807, 2.05) is 20.8 Å². The van der Waals surface area contributed by atoms with Gasteiger partial charge in [0.1, 0.15) is 0 Å². The van der Waals surface area contributed by atoms with Gasteiger partial charge in [0.15, 0.2) is 0 Å². The summed E-state index contributed by atoms with van der Waals surface area (Å²) in [4.78, 5) is 35.9. The minimum atomic E-state index is -0.780. The molecule has 0 aliphatic rings. The SMILES string of the molecule is CNC(=O)c1cccc(NC(=O)C(=O)c2cnn(C(C)(C)C)c2)c1. The third-order valence-electron chi connectivity index (χ3n) is 3.35. The summed E-state index contributed by atoms with van der Waals surface area (Å²) in [6.45, 7) is 5.83. The second kappa shape index (κ2) is 6.66. The van der Waals surface area contributed by atoms with Crippen molar-refractivity contribution in [3.8, 4) is 0 Å². The third-order valence-corrected chi connectivity index (χ3v) is 3.35. The fourth-order valence-corrected chi connectivity index (χ4v) is 2.01. The standard InChI is InChI=1S/C17H20N4O3/c1-17(2,3)21-10-12(9-19-21)14(22)16(24)20-13-7-5-6-11(8-13)15(23)18-4/h5-10H,1-4H3,(H,18,23)(H,20,24). The molecule has 0 saturated carbocycles. The summed E-state index contributed by atoms with van der Waals surface area (Å²) in [7, 11) is 1.52. The van der Waals surface area contributed by atoms with E-state index in [0.717, 1.165) is 0 Å². The number of ketones is 1. The Balaban J connectivity index is 2.13. The fourth-order valence-electron chi connectivity index (χ4n) is 2.01. The van der Waals surface area contributed by atoms with Gasteiger partial charge in [-0.15, -0.1) is 0 Å². The molecule has 1 aromatic carbocycles. The van der Waals surface area contributed by atoms with Gasteiger partial charge in [-0.2, -0.15) is 5.10 Å². The van der Waals surface area contributed by atoms with E-state index in [2.05, 4.69) is 15.7 Å². The Morgan fingerprint density at radius 1 is 1.12 bits per heavy atom. The molecule has 2 rings (SSSR count). The second-order valence-electron chi connectivity index (χ2n) is 6.29. The molecule has 0 radical (unpaired) electrons. The van der Waals surface area contributed by atoms with Gasteiger partial charge in [-0.1, -0.05) is 6.07 Å². The number of nitrogens with zero attached hydrogens (tertiary/aromatic N) is 2. The van der Waals surface area contributed by atoms with Crippen LogP contribution in [-0.2, 0) is 10.3 Å². The van der Waals surface area contributed by atoms with Crippen LogP contribution in [0.1, 0.15) is 41.5 Å². The Bertz CT molecular complexity index is 787. The lowest BCUT2D eigenvalue weighted by Crippen LogP contribution is -2.24. The summed E-state index contributed by atoms with van der Waals surface area (Å²) in [5.74, 6) is -1.74. The van der Waals surface area contributed by atoms with Crippen LogP contribution in [0.15, 0.2) is 36.7 Å². The van der Waals surface area contributed by atoms with Crippen molar-refractivity contribution in [1.29, 1.82) is 0 Å². The quantitative estimate of drug-likeness (QED) is 0.661. The number of anilines is 1. The van der Waals surface area contributed by atoms with Crippen molar-refractivity contribution >= 4 is 23.3 Å². The average Bonchev–Trinajstić information content (AvgIpc) is 3.03. The first kappa shape index (κ1) is 17.4. The van der Waals surface area contributed by atoms with E-state index in [1.165, 1.54) is 19.3 Å². The maximum absolute atomic E-state index is 12.2. The highest BCUT2D eigenvalue weighted by molar-refractivity contribution is 6.46. The van der Waals surface area contributed by atoms with Gasteiger partial charge < -0.3 is 10.6 Å². The van der Waals surface area contributed by atoms with Crippen LogP contribution in [0.5, 0.6) is 0 Å². The van der Waals surface area contributed by atoms with Crippen molar-refractivity contribution in [3.05, 3.63) is 47.8 Å². The first-order valence-corrected chi connectivity index (χ1v) is 7.45. The van der Waals surface area contributed by atoms with E-state index in [-0.39, 0.29) is 17.0 Å². The van der Waals surface area contributed by atoms with Gasteiger partial charge in [-0.25, -0.2) is 0 Å². The fraction of sp³-hybridized carbons (Fsp3) is 0.294. The van der Waals surface area contributed by atoms with Crippen LogP contribution in [0.3, 0.4) is 0 Å². The monoisotopic (exact) mass is 328 g/mol. The summed E-state index contributed by atoms with van der Waals surface area (Å²) in [5.41, 5.74) is 0.697. The van der Waals surface area contributed by atoms with E-state index in [1.54, 1.807) is 29.1 Å². The molecular weight excluding hydrogens is 308 g/mol. The molecule has 0 saturated heterocycles. The van der Waals surface area contributed by atoms with Crippen LogP contribution < -0.4 is 10.6 Å². The number of rotatable bonds is 4. The minimum Gasteiger partial charge on any atom is -0.355 e. The first-order chi connectivity index (χ1) is 11.2. The zero-order chi connectivity index (χ0) is 17.9. The molecule has 0 aliphatic heterocycles. The number of carbonyl (C=O) groups excluding carboxylic acids is 3. The van der Waals surface area contributed by atoms with Crippen LogP contribution in [0.4, 0.5) is 5.69 Å². The van der Waals surface area contributed by atoms with Gasteiger partial charge in [0.2, 0.25) is 0 Å². The van der Waals surface area contributed by atoms with Crippen LogP contribution in [-0.4, -0.2) is 34.4 Å². The lowest BCUT2D eigenvalue weighted by Gasteiger charge is -2.18. The summed E-state index contributed by atoms with van der Waals surface area (Å²) < 4.78 is 1.62. The van der Waals surface area contributed by atoms with Crippen LogP contribution in [0, 0.1) is 0 Å². The van der Waals surface area contributed by atoms with Gasteiger partial charge >= 0.3 is 0 Å². The molecule has 7 heteroatoms. The average molecular weight is 328 g/mol. The molecule has 2 aromatic rings. The highest BCUT2D eigenvalue weighted by Gasteiger charge is 2.21. The molecule has 24 heavy (non-hydrogen) atoms. The maximum Gasteiger partial charge on any atom is 0.296 e. The normalized spacial score (nSPS) is 11.0. The zero-order valence-electron chi connectivity index (χ0n) is 14.1. The molecule has 0 unspecified atom stereocenters.